The fraction of sp³-hybridized carbons (Fsp3) is 0.429. The molecule has 172 valence electrons. The first-order chi connectivity index (χ1) is 15.2. The van der Waals surface area contributed by atoms with Crippen molar-refractivity contribution in [3.8, 4) is 5.69 Å². The first-order valence-corrected chi connectivity index (χ1v) is 11.3. The lowest BCUT2D eigenvalue weighted by Gasteiger charge is -2.36. The summed E-state index contributed by atoms with van der Waals surface area (Å²) in [5.74, 6) is 1.58. The Balaban J connectivity index is 0.00000289. The van der Waals surface area contributed by atoms with Crippen molar-refractivity contribution < 1.29 is 4.39 Å². The van der Waals surface area contributed by atoms with Crippen LogP contribution in [0.15, 0.2) is 41.5 Å². The maximum atomic E-state index is 13.1. The fourth-order valence-electron chi connectivity index (χ4n) is 3.49. The van der Waals surface area contributed by atoms with Gasteiger partial charge in [-0.2, -0.15) is 9.47 Å². The SMILES string of the molecule is CCc1nsc(N2CCN(C(=NC)NCCc3ccn(-c4ccc(F)cc4)n3)CC2)n1.I. The molecule has 4 rings (SSSR count). The second-order valence-electron chi connectivity index (χ2n) is 7.27. The minimum Gasteiger partial charge on any atom is -0.356 e. The van der Waals surface area contributed by atoms with E-state index in [-0.39, 0.29) is 29.8 Å². The molecular formula is C21H28FIN8S. The van der Waals surface area contributed by atoms with Crippen molar-refractivity contribution in [3.05, 3.63) is 53.9 Å². The van der Waals surface area contributed by atoms with Gasteiger partial charge in [-0.05, 0) is 30.3 Å². The second kappa shape index (κ2) is 11.5. The predicted octanol–water partition coefficient (Wildman–Crippen LogP) is 2.98. The van der Waals surface area contributed by atoms with Gasteiger partial charge in [-0.3, -0.25) is 4.99 Å². The van der Waals surface area contributed by atoms with Gasteiger partial charge in [0.2, 0.25) is 5.13 Å². The molecule has 32 heavy (non-hydrogen) atoms. The summed E-state index contributed by atoms with van der Waals surface area (Å²) in [6, 6.07) is 8.30. The molecule has 3 aromatic rings. The molecule has 2 aromatic heterocycles. The number of nitrogens with zero attached hydrogens (tertiary/aromatic N) is 7. The molecule has 0 amide bonds. The Labute approximate surface area is 208 Å². The number of aromatic nitrogens is 4. The third kappa shape index (κ3) is 5.94. The minimum absolute atomic E-state index is 0. The van der Waals surface area contributed by atoms with Crippen LogP contribution in [0.4, 0.5) is 9.52 Å². The average molecular weight is 570 g/mol. The summed E-state index contributed by atoms with van der Waals surface area (Å²) in [7, 11) is 1.82. The zero-order chi connectivity index (χ0) is 21.6. The largest absolute Gasteiger partial charge is 0.356 e. The second-order valence-corrected chi connectivity index (χ2v) is 8.00. The molecule has 1 aliphatic rings. The molecule has 1 aliphatic heterocycles. The zero-order valence-electron chi connectivity index (χ0n) is 18.2. The number of aryl methyl sites for hydroxylation is 1. The van der Waals surface area contributed by atoms with Crippen LogP contribution in [-0.4, -0.2) is 69.8 Å². The van der Waals surface area contributed by atoms with Gasteiger partial charge in [0, 0.05) is 70.3 Å². The molecule has 11 heteroatoms. The number of hydrogen-bond acceptors (Lipinski definition) is 6. The summed E-state index contributed by atoms with van der Waals surface area (Å²) >= 11 is 1.48. The molecule has 0 spiro atoms. The Bertz CT molecular complexity index is 1010. The molecule has 0 saturated carbocycles. The molecule has 1 saturated heterocycles. The maximum Gasteiger partial charge on any atom is 0.205 e. The Morgan fingerprint density at radius 1 is 1.16 bits per heavy atom. The quantitative estimate of drug-likeness (QED) is 0.279. The van der Waals surface area contributed by atoms with Gasteiger partial charge in [-0.25, -0.2) is 14.1 Å². The lowest BCUT2D eigenvalue weighted by atomic mass is 10.3. The first kappa shape index (κ1) is 24.4. The van der Waals surface area contributed by atoms with Gasteiger partial charge in [-0.1, -0.05) is 6.92 Å². The molecule has 0 radical (unpaired) electrons. The van der Waals surface area contributed by atoms with E-state index in [0.29, 0.717) is 0 Å². The van der Waals surface area contributed by atoms with Gasteiger partial charge in [0.25, 0.3) is 0 Å². The summed E-state index contributed by atoms with van der Waals surface area (Å²) in [6.45, 7) is 6.40. The number of aliphatic imine (C=N–C) groups is 1. The van der Waals surface area contributed by atoms with Crippen molar-refractivity contribution >= 4 is 46.6 Å². The standard InChI is InChI=1S/C21H27FN8S.HI/c1-3-19-25-21(31-27-19)29-14-12-28(13-15-29)20(23-2)24-10-8-17-9-11-30(26-17)18-6-4-16(22)5-7-18;/h4-7,9,11H,3,8,10,12-15H2,1-2H3,(H,23,24);1H. The molecular weight excluding hydrogens is 542 g/mol. The van der Waals surface area contributed by atoms with Crippen LogP contribution in [0.5, 0.6) is 0 Å². The summed E-state index contributed by atoms with van der Waals surface area (Å²) in [5.41, 5.74) is 1.82. The molecule has 1 fully saturated rings. The molecule has 0 atom stereocenters. The number of piperazine rings is 1. The van der Waals surface area contributed by atoms with E-state index in [1.54, 1.807) is 16.8 Å². The highest BCUT2D eigenvalue weighted by Crippen LogP contribution is 2.19. The van der Waals surface area contributed by atoms with Gasteiger partial charge in [-0.15, -0.1) is 24.0 Å². The van der Waals surface area contributed by atoms with Crippen LogP contribution >= 0.6 is 35.5 Å². The van der Waals surface area contributed by atoms with Gasteiger partial charge >= 0.3 is 0 Å². The lowest BCUT2D eigenvalue weighted by Crippen LogP contribution is -2.52. The Kier molecular flexibility index (Phi) is 8.79. The van der Waals surface area contributed by atoms with Crippen LogP contribution < -0.4 is 10.2 Å². The summed E-state index contributed by atoms with van der Waals surface area (Å²) < 4.78 is 19.3. The molecule has 0 bridgehead atoms. The highest BCUT2D eigenvalue weighted by molar-refractivity contribution is 14.0. The monoisotopic (exact) mass is 570 g/mol. The molecule has 1 N–H and O–H groups in total. The summed E-state index contributed by atoms with van der Waals surface area (Å²) in [5, 5.41) is 9.04. The van der Waals surface area contributed by atoms with E-state index in [0.717, 1.165) is 73.9 Å². The van der Waals surface area contributed by atoms with Crippen molar-refractivity contribution in [1.82, 2.24) is 29.4 Å². The predicted molar refractivity (Wildman–Crippen MR) is 137 cm³/mol. The lowest BCUT2D eigenvalue weighted by molar-refractivity contribution is 0.372. The van der Waals surface area contributed by atoms with E-state index in [4.69, 9.17) is 0 Å². The number of halogens is 2. The van der Waals surface area contributed by atoms with Crippen LogP contribution in [0.3, 0.4) is 0 Å². The van der Waals surface area contributed by atoms with Crippen molar-refractivity contribution in [1.29, 1.82) is 0 Å². The topological polar surface area (TPSA) is 74.5 Å². The van der Waals surface area contributed by atoms with Gasteiger partial charge in [0.1, 0.15) is 11.6 Å². The Morgan fingerprint density at radius 2 is 1.91 bits per heavy atom. The highest BCUT2D eigenvalue weighted by Gasteiger charge is 2.22. The van der Waals surface area contributed by atoms with Crippen LogP contribution in [-0.2, 0) is 12.8 Å². The number of guanidine groups is 1. The van der Waals surface area contributed by atoms with Gasteiger partial charge in [0.15, 0.2) is 5.96 Å². The van der Waals surface area contributed by atoms with Crippen LogP contribution in [0.25, 0.3) is 5.69 Å². The normalized spacial score (nSPS) is 14.4. The van der Waals surface area contributed by atoms with E-state index in [1.807, 2.05) is 19.3 Å². The smallest absolute Gasteiger partial charge is 0.205 e. The van der Waals surface area contributed by atoms with E-state index in [2.05, 4.69) is 41.5 Å². The highest BCUT2D eigenvalue weighted by atomic mass is 127. The molecule has 3 heterocycles. The Hall–Kier alpha value is -2.28. The number of nitrogens with one attached hydrogen (secondary N) is 1. The summed E-state index contributed by atoms with van der Waals surface area (Å²) in [4.78, 5) is 13.6. The number of benzene rings is 1. The maximum absolute atomic E-state index is 13.1. The van der Waals surface area contributed by atoms with Crippen LogP contribution in [0.1, 0.15) is 18.4 Å². The van der Waals surface area contributed by atoms with E-state index < -0.39 is 0 Å². The fourth-order valence-corrected chi connectivity index (χ4v) is 4.29. The van der Waals surface area contributed by atoms with Crippen molar-refractivity contribution in [2.45, 2.75) is 19.8 Å². The first-order valence-electron chi connectivity index (χ1n) is 10.5. The minimum atomic E-state index is -0.249. The third-order valence-corrected chi connectivity index (χ3v) is 6.05. The van der Waals surface area contributed by atoms with Crippen molar-refractivity contribution in [2.75, 3.05) is 44.7 Å². The zero-order valence-corrected chi connectivity index (χ0v) is 21.4. The molecule has 0 aliphatic carbocycles. The van der Waals surface area contributed by atoms with Crippen molar-refractivity contribution in [2.24, 2.45) is 4.99 Å². The molecule has 8 nitrogen and oxygen atoms in total. The average Bonchev–Trinajstić information content (AvgIpc) is 3.47. The van der Waals surface area contributed by atoms with Gasteiger partial charge in [0.05, 0.1) is 11.4 Å². The summed E-state index contributed by atoms with van der Waals surface area (Å²) in [6.07, 6.45) is 3.54. The van der Waals surface area contributed by atoms with E-state index in [9.17, 15) is 4.39 Å². The van der Waals surface area contributed by atoms with E-state index in [1.165, 1.54) is 23.7 Å². The van der Waals surface area contributed by atoms with E-state index >= 15 is 0 Å². The number of hydrogen-bond donors (Lipinski definition) is 1. The third-order valence-electron chi connectivity index (χ3n) is 5.23. The van der Waals surface area contributed by atoms with Crippen molar-refractivity contribution in [3.63, 3.8) is 0 Å². The number of rotatable bonds is 6. The molecule has 1 aromatic carbocycles. The molecule has 0 unspecified atom stereocenters. The van der Waals surface area contributed by atoms with Crippen LogP contribution in [0, 0.1) is 5.82 Å². The van der Waals surface area contributed by atoms with Crippen LogP contribution in [0.2, 0.25) is 0 Å². The van der Waals surface area contributed by atoms with Gasteiger partial charge < -0.3 is 15.1 Å². The number of anilines is 1. The Morgan fingerprint density at radius 3 is 2.56 bits per heavy atom.